The van der Waals surface area contributed by atoms with Gasteiger partial charge in [-0.3, -0.25) is 14.5 Å². The fraction of sp³-hybridized carbons (Fsp3) is 0.462. The molecule has 0 aromatic heterocycles. The maximum atomic E-state index is 12.7. The van der Waals surface area contributed by atoms with Crippen molar-refractivity contribution in [3.05, 3.63) is 71.3 Å². The average Bonchev–Trinajstić information content (AvgIpc) is 3.04. The molecule has 2 bridgehead atoms. The zero-order chi connectivity index (χ0) is 22.5. The Morgan fingerprint density at radius 1 is 1.06 bits per heavy atom. The Kier molecular flexibility index (Phi) is 7.22. The van der Waals surface area contributed by atoms with Gasteiger partial charge in [-0.2, -0.15) is 0 Å². The highest BCUT2D eigenvalue weighted by Gasteiger charge is 2.41. The van der Waals surface area contributed by atoms with Crippen molar-refractivity contribution in [2.45, 2.75) is 50.2 Å². The second-order valence-electron chi connectivity index (χ2n) is 9.01. The Hall–Kier alpha value is -2.70. The van der Waals surface area contributed by atoms with Gasteiger partial charge in [0.15, 0.2) is 0 Å². The largest absolute Gasteiger partial charge is 0.375 e. The van der Waals surface area contributed by atoms with Crippen molar-refractivity contribution < 1.29 is 14.3 Å². The second-order valence-corrected chi connectivity index (χ2v) is 9.01. The molecular weight excluding hydrogens is 402 g/mol. The molecule has 32 heavy (non-hydrogen) atoms. The molecule has 2 N–H and O–H groups in total. The fourth-order valence-corrected chi connectivity index (χ4v) is 5.40. The van der Waals surface area contributed by atoms with Gasteiger partial charge in [0.05, 0.1) is 0 Å². The number of nitrogens with two attached hydrogens (primary N) is 1. The first kappa shape index (κ1) is 22.5. The molecule has 2 heterocycles. The summed E-state index contributed by atoms with van der Waals surface area (Å²) >= 11 is 0. The van der Waals surface area contributed by atoms with Gasteiger partial charge in [0.25, 0.3) is 0 Å². The van der Waals surface area contributed by atoms with Crippen LogP contribution in [0.3, 0.4) is 0 Å². The first-order valence-corrected chi connectivity index (χ1v) is 11.5. The van der Waals surface area contributed by atoms with Crippen molar-refractivity contribution >= 4 is 11.8 Å². The number of carbonyl (C=O) groups excluding carboxylic acids is 2. The predicted octanol–water partition coefficient (Wildman–Crippen LogP) is 3.17. The Bertz CT molecular complexity index is 919. The molecule has 4 rings (SSSR count). The molecule has 2 aliphatic heterocycles. The van der Waals surface area contributed by atoms with Crippen LogP contribution in [0.1, 0.15) is 53.1 Å². The molecule has 2 fully saturated rings. The third kappa shape index (κ3) is 5.19. The monoisotopic (exact) mass is 435 g/mol. The molecule has 2 aliphatic rings. The molecule has 6 heteroatoms. The number of primary amides is 1. The lowest BCUT2D eigenvalue weighted by Crippen LogP contribution is -2.47. The van der Waals surface area contributed by atoms with E-state index in [0.717, 1.165) is 24.9 Å². The molecule has 2 aromatic carbocycles. The van der Waals surface area contributed by atoms with E-state index in [4.69, 9.17) is 10.5 Å². The van der Waals surface area contributed by atoms with Crippen LogP contribution >= 0.6 is 0 Å². The summed E-state index contributed by atoms with van der Waals surface area (Å²) in [6, 6.07) is 19.0. The van der Waals surface area contributed by atoms with Crippen LogP contribution in [0.5, 0.6) is 0 Å². The van der Waals surface area contributed by atoms with Crippen molar-refractivity contribution in [2.24, 2.45) is 5.73 Å². The normalized spacial score (nSPS) is 22.6. The van der Waals surface area contributed by atoms with Crippen LogP contribution in [0.25, 0.3) is 0 Å². The molecule has 2 amide bonds. The smallest absolute Gasteiger partial charge is 0.248 e. The Morgan fingerprint density at radius 3 is 2.44 bits per heavy atom. The van der Waals surface area contributed by atoms with E-state index >= 15 is 0 Å². The third-order valence-corrected chi connectivity index (χ3v) is 6.99. The van der Waals surface area contributed by atoms with E-state index in [0.29, 0.717) is 36.7 Å². The van der Waals surface area contributed by atoms with Gasteiger partial charge in [0.2, 0.25) is 11.8 Å². The van der Waals surface area contributed by atoms with E-state index in [2.05, 4.69) is 23.1 Å². The summed E-state index contributed by atoms with van der Waals surface area (Å²) in [5.74, 6) is 0.118. The highest BCUT2D eigenvalue weighted by molar-refractivity contribution is 5.92. The standard InChI is InChI=1S/C26H33N3O3/c1-32-18-25(30)28(17-19-6-3-2-4-7-19)12-13-29-23-10-11-24(29)16-22(15-23)20-8-5-9-21(14-20)26(27)31/h2-9,14,22-24H,10-13,15-18H2,1H3,(H2,27,31)/t22-,23+,24-. The van der Waals surface area contributed by atoms with Crippen LogP contribution in [0.2, 0.25) is 0 Å². The van der Waals surface area contributed by atoms with Crippen molar-refractivity contribution in [1.29, 1.82) is 0 Å². The summed E-state index contributed by atoms with van der Waals surface area (Å²) in [4.78, 5) is 28.8. The van der Waals surface area contributed by atoms with Gasteiger partial charge in [0.1, 0.15) is 6.61 Å². The third-order valence-electron chi connectivity index (χ3n) is 6.99. The highest BCUT2D eigenvalue weighted by atomic mass is 16.5. The average molecular weight is 436 g/mol. The molecule has 2 saturated heterocycles. The van der Waals surface area contributed by atoms with Crippen molar-refractivity contribution in [2.75, 3.05) is 26.8 Å². The zero-order valence-corrected chi connectivity index (χ0v) is 18.8. The lowest BCUT2D eigenvalue weighted by molar-refractivity contribution is -0.136. The quantitative estimate of drug-likeness (QED) is 0.656. The fourth-order valence-electron chi connectivity index (χ4n) is 5.40. The minimum atomic E-state index is -0.369. The van der Waals surface area contributed by atoms with E-state index in [1.54, 1.807) is 13.2 Å². The summed E-state index contributed by atoms with van der Waals surface area (Å²) in [6.45, 7) is 2.30. The number of carbonyl (C=O) groups is 2. The van der Waals surface area contributed by atoms with Crippen LogP contribution in [0.4, 0.5) is 0 Å². The van der Waals surface area contributed by atoms with Crippen molar-refractivity contribution in [3.8, 4) is 0 Å². The number of amides is 2. The van der Waals surface area contributed by atoms with Gasteiger partial charge >= 0.3 is 0 Å². The van der Waals surface area contributed by atoms with Gasteiger partial charge in [-0.25, -0.2) is 0 Å². The SMILES string of the molecule is COCC(=O)N(CCN1[C@@H]2CC[C@H]1C[C@@H](c1cccc(C(N)=O)c1)C2)Cc1ccccc1. The molecule has 0 aliphatic carbocycles. The van der Waals surface area contributed by atoms with Crippen LogP contribution in [0.15, 0.2) is 54.6 Å². The topological polar surface area (TPSA) is 75.9 Å². The molecule has 0 spiro atoms. The van der Waals surface area contributed by atoms with Gasteiger partial charge in [-0.1, -0.05) is 42.5 Å². The van der Waals surface area contributed by atoms with Gasteiger partial charge < -0.3 is 15.4 Å². The Morgan fingerprint density at radius 2 is 1.78 bits per heavy atom. The molecular formula is C26H33N3O3. The molecule has 2 aromatic rings. The number of rotatable bonds is 9. The van der Waals surface area contributed by atoms with Crippen LogP contribution in [0, 0.1) is 0 Å². The van der Waals surface area contributed by atoms with Gasteiger partial charge in [-0.05, 0) is 54.9 Å². The van der Waals surface area contributed by atoms with E-state index in [9.17, 15) is 9.59 Å². The van der Waals surface area contributed by atoms with Crippen LogP contribution < -0.4 is 5.73 Å². The summed E-state index contributed by atoms with van der Waals surface area (Å²) in [7, 11) is 1.57. The molecule has 6 nitrogen and oxygen atoms in total. The van der Waals surface area contributed by atoms with E-state index < -0.39 is 0 Å². The number of piperidine rings is 1. The number of ether oxygens (including phenoxy) is 1. The predicted molar refractivity (Wildman–Crippen MR) is 124 cm³/mol. The van der Waals surface area contributed by atoms with E-state index in [-0.39, 0.29) is 18.4 Å². The summed E-state index contributed by atoms with van der Waals surface area (Å²) < 4.78 is 5.12. The number of hydrogen-bond donors (Lipinski definition) is 1. The van der Waals surface area contributed by atoms with Crippen molar-refractivity contribution in [3.63, 3.8) is 0 Å². The summed E-state index contributed by atoms with van der Waals surface area (Å²) in [5, 5.41) is 0. The maximum absolute atomic E-state index is 12.7. The number of fused-ring (bicyclic) bond motifs is 2. The van der Waals surface area contributed by atoms with Gasteiger partial charge in [0, 0.05) is 44.4 Å². The summed E-state index contributed by atoms with van der Waals surface area (Å²) in [6.07, 6.45) is 4.57. The maximum Gasteiger partial charge on any atom is 0.248 e. The molecule has 3 atom stereocenters. The molecule has 0 saturated carbocycles. The highest BCUT2D eigenvalue weighted by Crippen LogP contribution is 2.43. The molecule has 0 unspecified atom stereocenters. The van der Waals surface area contributed by atoms with Crippen molar-refractivity contribution in [1.82, 2.24) is 9.80 Å². The molecule has 0 radical (unpaired) electrons. The van der Waals surface area contributed by atoms with Crippen LogP contribution in [-0.4, -0.2) is 60.5 Å². The summed E-state index contributed by atoms with van der Waals surface area (Å²) in [5.41, 5.74) is 8.42. The zero-order valence-electron chi connectivity index (χ0n) is 18.8. The minimum Gasteiger partial charge on any atom is -0.375 e. The van der Waals surface area contributed by atoms with Crippen LogP contribution in [-0.2, 0) is 16.1 Å². The molecule has 170 valence electrons. The Balaban J connectivity index is 1.40. The second kappa shape index (κ2) is 10.3. The number of nitrogens with zero attached hydrogens (tertiary/aromatic N) is 2. The van der Waals surface area contributed by atoms with E-state index in [1.165, 1.54) is 18.4 Å². The lowest BCUT2D eigenvalue weighted by Gasteiger charge is -2.40. The number of methoxy groups -OCH3 is 1. The number of hydrogen-bond acceptors (Lipinski definition) is 4. The first-order chi connectivity index (χ1) is 15.5. The first-order valence-electron chi connectivity index (χ1n) is 11.5. The Labute approximate surface area is 190 Å². The lowest BCUT2D eigenvalue weighted by atomic mass is 9.84. The van der Waals surface area contributed by atoms with E-state index in [1.807, 2.05) is 35.2 Å². The van der Waals surface area contributed by atoms with Gasteiger partial charge in [-0.15, -0.1) is 0 Å². The minimum absolute atomic E-state index is 0.0295. The number of benzene rings is 2.